The molecule has 0 saturated carbocycles. The molecule has 0 radical (unpaired) electrons. The maximum Gasteiger partial charge on any atom is 0.490 e. The molecule has 2 fully saturated rings. The summed E-state index contributed by atoms with van der Waals surface area (Å²) in [5.41, 5.74) is -0.0610. The van der Waals surface area contributed by atoms with Gasteiger partial charge in [0.15, 0.2) is 0 Å². The molecule has 3 heterocycles. The third-order valence-electron chi connectivity index (χ3n) is 5.20. The maximum atomic E-state index is 12.7. The molecule has 1 aromatic rings. The van der Waals surface area contributed by atoms with E-state index in [4.69, 9.17) is 14.3 Å². The summed E-state index contributed by atoms with van der Waals surface area (Å²) in [4.78, 5) is 26.1. The Kier molecular flexibility index (Phi) is 7.14. The van der Waals surface area contributed by atoms with Crippen molar-refractivity contribution >= 4 is 11.9 Å². The van der Waals surface area contributed by atoms with Gasteiger partial charge in [0.25, 0.3) is 0 Å². The van der Waals surface area contributed by atoms with E-state index in [1.807, 2.05) is 12.1 Å². The number of likely N-dealkylation sites (tertiary alicyclic amines) is 2. The van der Waals surface area contributed by atoms with E-state index in [-0.39, 0.29) is 5.41 Å². The lowest BCUT2D eigenvalue weighted by Crippen LogP contribution is -2.44. The normalized spacial score (nSPS) is 19.8. The van der Waals surface area contributed by atoms with Gasteiger partial charge < -0.3 is 14.4 Å². The lowest BCUT2D eigenvalue weighted by molar-refractivity contribution is -0.192. The Labute approximate surface area is 162 Å². The number of rotatable bonds is 4. The summed E-state index contributed by atoms with van der Waals surface area (Å²) in [5.74, 6) is -0.769. The molecule has 1 N–H and O–H groups in total. The molecule has 0 aliphatic carbocycles. The van der Waals surface area contributed by atoms with Gasteiger partial charge in [-0.05, 0) is 50.4 Å². The van der Waals surface area contributed by atoms with Gasteiger partial charge in [0.1, 0.15) is 5.76 Å². The van der Waals surface area contributed by atoms with Gasteiger partial charge >= 0.3 is 12.1 Å². The summed E-state index contributed by atoms with van der Waals surface area (Å²) < 4.78 is 37.2. The lowest BCUT2D eigenvalue weighted by Gasteiger charge is -2.37. The number of hydrogen-bond donors (Lipinski definition) is 1. The molecule has 0 bridgehead atoms. The second kappa shape index (κ2) is 8.98. The topological polar surface area (TPSA) is 74.0 Å². The van der Waals surface area contributed by atoms with E-state index in [1.165, 1.54) is 0 Å². The summed E-state index contributed by atoms with van der Waals surface area (Å²) >= 11 is 0. The number of carbonyl (C=O) groups is 2. The number of halogens is 3. The van der Waals surface area contributed by atoms with Crippen molar-refractivity contribution in [3.8, 4) is 0 Å². The van der Waals surface area contributed by atoms with Crippen LogP contribution in [0.4, 0.5) is 13.2 Å². The highest BCUT2D eigenvalue weighted by molar-refractivity contribution is 5.85. The number of furan rings is 1. The number of carboxylic acids is 1. The van der Waals surface area contributed by atoms with Gasteiger partial charge in [-0.25, -0.2) is 4.79 Å². The number of hydrogen-bond acceptors (Lipinski definition) is 4. The van der Waals surface area contributed by atoms with Crippen LogP contribution in [0.5, 0.6) is 0 Å². The van der Waals surface area contributed by atoms with Gasteiger partial charge in [-0.1, -0.05) is 13.8 Å². The van der Waals surface area contributed by atoms with Crippen molar-refractivity contribution in [2.45, 2.75) is 45.8 Å². The molecule has 0 aromatic carbocycles. The first-order valence-corrected chi connectivity index (χ1v) is 9.38. The molecule has 9 heteroatoms. The van der Waals surface area contributed by atoms with Gasteiger partial charge in [-0.2, -0.15) is 13.2 Å². The Balaban J connectivity index is 0.000000345. The van der Waals surface area contributed by atoms with Crippen LogP contribution < -0.4 is 0 Å². The number of alkyl halides is 3. The Morgan fingerprint density at radius 1 is 1.25 bits per heavy atom. The predicted molar refractivity (Wildman–Crippen MR) is 95.4 cm³/mol. The van der Waals surface area contributed by atoms with Gasteiger partial charge in [-0.3, -0.25) is 9.69 Å². The zero-order valence-electron chi connectivity index (χ0n) is 16.2. The van der Waals surface area contributed by atoms with E-state index in [0.29, 0.717) is 11.8 Å². The number of nitrogens with zero attached hydrogens (tertiary/aromatic N) is 2. The van der Waals surface area contributed by atoms with E-state index >= 15 is 0 Å². The fourth-order valence-electron chi connectivity index (χ4n) is 3.73. The first-order chi connectivity index (χ1) is 13.0. The van der Waals surface area contributed by atoms with Crippen LogP contribution >= 0.6 is 0 Å². The summed E-state index contributed by atoms with van der Waals surface area (Å²) in [5, 5.41) is 7.12. The summed E-state index contributed by atoms with van der Waals surface area (Å²) in [6, 6.07) is 3.96. The van der Waals surface area contributed by atoms with Gasteiger partial charge in [-0.15, -0.1) is 0 Å². The third kappa shape index (κ3) is 5.73. The van der Waals surface area contributed by atoms with Crippen LogP contribution in [0.25, 0.3) is 0 Å². The Hall–Kier alpha value is -2.03. The number of carbonyl (C=O) groups excluding carboxylic acids is 1. The molecule has 0 atom stereocenters. The fraction of sp³-hybridized carbons (Fsp3) is 0.684. The minimum Gasteiger partial charge on any atom is -0.475 e. The summed E-state index contributed by atoms with van der Waals surface area (Å²) in [7, 11) is 0. The van der Waals surface area contributed by atoms with Crippen molar-refractivity contribution in [1.29, 1.82) is 0 Å². The molecule has 6 nitrogen and oxygen atoms in total. The average Bonchev–Trinajstić information content (AvgIpc) is 3.21. The zero-order chi connectivity index (χ0) is 20.9. The standard InChI is InChI=1S/C17H26N2O2.C2HF3O2/c1-14(2)12-19-10-7-17(16(19)20)5-8-18(9-6-17)13-15-4-3-11-21-15;3-2(4,5)1(6)7/h3-4,11,14H,5-10,12-13H2,1-2H3;(H,6,7). The summed E-state index contributed by atoms with van der Waals surface area (Å²) in [6.45, 7) is 9.11. The Bertz CT molecular complexity index is 651. The van der Waals surface area contributed by atoms with Crippen LogP contribution in [-0.2, 0) is 16.1 Å². The molecule has 1 aromatic heterocycles. The van der Waals surface area contributed by atoms with Crippen molar-refractivity contribution in [2.24, 2.45) is 11.3 Å². The predicted octanol–water partition coefficient (Wildman–Crippen LogP) is 3.38. The minimum atomic E-state index is -5.08. The van der Waals surface area contributed by atoms with E-state index in [2.05, 4.69) is 23.6 Å². The molecule has 0 unspecified atom stereocenters. The number of piperidine rings is 1. The smallest absolute Gasteiger partial charge is 0.475 e. The van der Waals surface area contributed by atoms with E-state index < -0.39 is 12.1 Å². The molecular formula is C19H27F3N2O4. The quantitative estimate of drug-likeness (QED) is 0.833. The molecule has 1 spiro atoms. The first-order valence-electron chi connectivity index (χ1n) is 9.38. The van der Waals surface area contributed by atoms with Crippen molar-refractivity contribution in [3.63, 3.8) is 0 Å². The van der Waals surface area contributed by atoms with Crippen LogP contribution in [0.15, 0.2) is 22.8 Å². The molecule has 28 heavy (non-hydrogen) atoms. The Morgan fingerprint density at radius 3 is 2.29 bits per heavy atom. The highest BCUT2D eigenvalue weighted by atomic mass is 19.4. The van der Waals surface area contributed by atoms with Crippen LogP contribution in [0, 0.1) is 11.3 Å². The van der Waals surface area contributed by atoms with Gasteiger partial charge in [0.2, 0.25) is 5.91 Å². The molecule has 158 valence electrons. The minimum absolute atomic E-state index is 0.0610. The molecular weight excluding hydrogens is 377 g/mol. The number of amides is 1. The van der Waals surface area contributed by atoms with E-state index in [0.717, 1.165) is 57.7 Å². The average molecular weight is 404 g/mol. The molecule has 1 amide bonds. The maximum absolute atomic E-state index is 12.7. The summed E-state index contributed by atoms with van der Waals surface area (Å²) in [6.07, 6.45) is -0.305. The van der Waals surface area contributed by atoms with Gasteiger partial charge in [0.05, 0.1) is 18.2 Å². The molecule has 2 aliphatic heterocycles. The van der Waals surface area contributed by atoms with E-state index in [9.17, 15) is 18.0 Å². The van der Waals surface area contributed by atoms with Crippen molar-refractivity contribution < 1.29 is 32.3 Å². The lowest BCUT2D eigenvalue weighted by atomic mass is 9.77. The van der Waals surface area contributed by atoms with Crippen molar-refractivity contribution in [3.05, 3.63) is 24.2 Å². The van der Waals surface area contributed by atoms with Crippen LogP contribution in [0.1, 0.15) is 38.9 Å². The third-order valence-corrected chi connectivity index (χ3v) is 5.20. The van der Waals surface area contributed by atoms with Crippen molar-refractivity contribution in [1.82, 2.24) is 9.80 Å². The zero-order valence-corrected chi connectivity index (χ0v) is 16.2. The first kappa shape index (κ1) is 22.3. The molecule has 2 aliphatic rings. The second-order valence-corrected chi connectivity index (χ2v) is 7.83. The Morgan fingerprint density at radius 2 is 1.82 bits per heavy atom. The fourth-order valence-corrected chi connectivity index (χ4v) is 3.73. The van der Waals surface area contributed by atoms with Crippen molar-refractivity contribution in [2.75, 3.05) is 26.2 Å². The highest BCUT2D eigenvalue weighted by Gasteiger charge is 2.47. The second-order valence-electron chi connectivity index (χ2n) is 7.83. The van der Waals surface area contributed by atoms with Crippen LogP contribution in [0.3, 0.4) is 0 Å². The largest absolute Gasteiger partial charge is 0.490 e. The highest BCUT2D eigenvalue weighted by Crippen LogP contribution is 2.41. The molecule has 2 saturated heterocycles. The van der Waals surface area contributed by atoms with Crippen LogP contribution in [-0.4, -0.2) is 59.1 Å². The SMILES string of the molecule is CC(C)CN1CCC2(CCN(Cc3ccco3)CC2)C1=O.O=C(O)C(F)(F)F. The van der Waals surface area contributed by atoms with Gasteiger partial charge in [0, 0.05) is 13.1 Å². The van der Waals surface area contributed by atoms with Crippen LogP contribution in [0.2, 0.25) is 0 Å². The number of aliphatic carboxylic acids is 1. The number of carboxylic acid groups (broad SMARTS) is 1. The molecule has 3 rings (SSSR count). The van der Waals surface area contributed by atoms with E-state index in [1.54, 1.807) is 6.26 Å². The monoisotopic (exact) mass is 404 g/mol.